The van der Waals surface area contributed by atoms with Crippen molar-refractivity contribution in [3.8, 4) is 5.75 Å². The zero-order valence-electron chi connectivity index (χ0n) is 13.0. The number of urea groups is 1. The molecule has 2 saturated heterocycles. The van der Waals surface area contributed by atoms with Crippen LogP contribution in [0.3, 0.4) is 0 Å². The number of hydrogen-bond acceptors (Lipinski definition) is 4. The van der Waals surface area contributed by atoms with Crippen LogP contribution in [0, 0.1) is 6.92 Å². The molecule has 1 aromatic heterocycles. The summed E-state index contributed by atoms with van der Waals surface area (Å²) in [7, 11) is 0. The normalized spacial score (nSPS) is 33.2. The lowest BCUT2D eigenvalue weighted by Crippen LogP contribution is -2.70. The van der Waals surface area contributed by atoms with E-state index in [1.54, 1.807) is 4.90 Å². The second kappa shape index (κ2) is 4.84. The van der Waals surface area contributed by atoms with Gasteiger partial charge in [-0.25, -0.2) is 4.79 Å². The average molecular weight is 303 g/mol. The van der Waals surface area contributed by atoms with Gasteiger partial charge in [-0.15, -0.1) is 0 Å². The van der Waals surface area contributed by atoms with E-state index in [0.29, 0.717) is 13.0 Å². The molecule has 2 fully saturated rings. The lowest BCUT2D eigenvalue weighted by Gasteiger charge is -2.53. The number of hydrogen-bond donors (Lipinski definition) is 1. The Balaban J connectivity index is 1.82. The summed E-state index contributed by atoms with van der Waals surface area (Å²) >= 11 is 0. The van der Waals surface area contributed by atoms with Gasteiger partial charge in [0.05, 0.1) is 6.04 Å². The minimum absolute atomic E-state index is 0.0737. The molecule has 2 amide bonds. The number of amides is 2. The van der Waals surface area contributed by atoms with Crippen LogP contribution in [-0.2, 0) is 4.74 Å². The number of nitrogens with one attached hydrogen (secondary N) is 1. The van der Waals surface area contributed by atoms with E-state index in [4.69, 9.17) is 9.47 Å². The number of fused-ring (bicyclic) bond motifs is 4. The molecule has 0 aromatic carbocycles. The van der Waals surface area contributed by atoms with Crippen molar-refractivity contribution >= 4 is 6.03 Å². The van der Waals surface area contributed by atoms with E-state index >= 15 is 0 Å². The molecule has 22 heavy (non-hydrogen) atoms. The summed E-state index contributed by atoms with van der Waals surface area (Å²) in [6.45, 7) is 5.25. The number of ether oxygens (including phenoxy) is 2. The Labute approximate surface area is 129 Å². The van der Waals surface area contributed by atoms with Crippen molar-refractivity contribution in [1.29, 1.82) is 0 Å². The van der Waals surface area contributed by atoms with Crippen molar-refractivity contribution in [3.63, 3.8) is 0 Å². The first kappa shape index (κ1) is 13.8. The van der Waals surface area contributed by atoms with E-state index in [1.165, 1.54) is 0 Å². The van der Waals surface area contributed by atoms with Crippen molar-refractivity contribution in [2.75, 3.05) is 13.2 Å². The van der Waals surface area contributed by atoms with Gasteiger partial charge in [0.2, 0.25) is 5.72 Å². The van der Waals surface area contributed by atoms with Crippen LogP contribution in [0.25, 0.3) is 0 Å². The lowest BCUT2D eigenvalue weighted by atomic mass is 9.87. The standard InChI is InChI=1S/C16H21N3O3/c1-3-19-15(20)18-11-9-16(19,13-5-4-8-21-13)22-12-7-6-10(2)17-14(11)12/h6-7,11,13H,3-5,8-9H2,1-2H3,(H,18,20)/t11?,13-,16?/m1/s1. The van der Waals surface area contributed by atoms with Crippen LogP contribution in [-0.4, -0.2) is 40.9 Å². The van der Waals surface area contributed by atoms with Crippen LogP contribution in [0.4, 0.5) is 4.79 Å². The van der Waals surface area contributed by atoms with Crippen LogP contribution < -0.4 is 10.1 Å². The zero-order valence-corrected chi connectivity index (χ0v) is 13.0. The molecule has 6 nitrogen and oxygen atoms in total. The zero-order chi connectivity index (χ0) is 15.3. The topological polar surface area (TPSA) is 63.7 Å². The molecule has 6 heteroatoms. The molecule has 0 spiro atoms. The SMILES string of the molecule is CCN1C(=O)NC2CC1([C@H]1CCCO1)Oc1ccc(C)nc12. The fourth-order valence-corrected chi connectivity index (χ4v) is 3.92. The largest absolute Gasteiger partial charge is 0.463 e. The predicted octanol–water partition coefficient (Wildman–Crippen LogP) is 2.13. The highest BCUT2D eigenvalue weighted by Gasteiger charge is 2.57. The summed E-state index contributed by atoms with van der Waals surface area (Å²) in [5.74, 6) is 0.760. The summed E-state index contributed by atoms with van der Waals surface area (Å²) in [5, 5.41) is 3.07. The Hall–Kier alpha value is -1.82. The van der Waals surface area contributed by atoms with Gasteiger partial charge in [-0.2, -0.15) is 0 Å². The third-order valence-corrected chi connectivity index (χ3v) is 4.89. The van der Waals surface area contributed by atoms with Crippen molar-refractivity contribution in [2.45, 2.75) is 51.0 Å². The third kappa shape index (κ3) is 1.83. The summed E-state index contributed by atoms with van der Waals surface area (Å²) in [5.41, 5.74) is 1.05. The third-order valence-electron chi connectivity index (χ3n) is 4.89. The Kier molecular flexibility index (Phi) is 3.04. The smallest absolute Gasteiger partial charge is 0.321 e. The monoisotopic (exact) mass is 303 g/mol. The van der Waals surface area contributed by atoms with Gasteiger partial charge in [0.25, 0.3) is 0 Å². The molecule has 2 unspecified atom stereocenters. The van der Waals surface area contributed by atoms with Crippen LogP contribution >= 0.6 is 0 Å². The van der Waals surface area contributed by atoms with E-state index in [0.717, 1.165) is 36.6 Å². The first-order chi connectivity index (χ1) is 10.6. The summed E-state index contributed by atoms with van der Waals surface area (Å²) in [4.78, 5) is 18.9. The van der Waals surface area contributed by atoms with E-state index in [9.17, 15) is 4.79 Å². The second-order valence-electron chi connectivity index (χ2n) is 6.24. The molecule has 3 atom stereocenters. The lowest BCUT2D eigenvalue weighted by molar-refractivity contribution is -0.170. The molecule has 118 valence electrons. The number of carbonyl (C=O) groups excluding carboxylic acids is 1. The van der Waals surface area contributed by atoms with E-state index in [-0.39, 0.29) is 18.2 Å². The molecule has 3 aliphatic heterocycles. The van der Waals surface area contributed by atoms with Gasteiger partial charge in [0.15, 0.2) is 0 Å². The molecule has 0 aliphatic carbocycles. The Morgan fingerprint density at radius 3 is 3.09 bits per heavy atom. The summed E-state index contributed by atoms with van der Waals surface area (Å²) < 4.78 is 12.3. The molecule has 4 heterocycles. The number of carbonyl (C=O) groups is 1. The number of aromatic nitrogens is 1. The first-order valence-corrected chi connectivity index (χ1v) is 8.00. The second-order valence-corrected chi connectivity index (χ2v) is 6.24. The average Bonchev–Trinajstić information content (AvgIpc) is 3.03. The van der Waals surface area contributed by atoms with Gasteiger partial charge < -0.3 is 14.8 Å². The maximum Gasteiger partial charge on any atom is 0.321 e. The highest BCUT2D eigenvalue weighted by molar-refractivity contribution is 5.77. The summed E-state index contributed by atoms with van der Waals surface area (Å²) in [6, 6.07) is 3.70. The number of nitrogens with zero attached hydrogens (tertiary/aromatic N) is 2. The summed E-state index contributed by atoms with van der Waals surface area (Å²) in [6.07, 6.45) is 2.54. The molecule has 3 aliphatic rings. The molecular weight excluding hydrogens is 282 g/mol. The minimum atomic E-state index is -0.706. The number of pyridine rings is 1. The predicted molar refractivity (Wildman–Crippen MR) is 79.6 cm³/mol. The fraction of sp³-hybridized carbons (Fsp3) is 0.625. The molecule has 0 saturated carbocycles. The highest BCUT2D eigenvalue weighted by atomic mass is 16.6. The van der Waals surface area contributed by atoms with Gasteiger partial charge in [-0.1, -0.05) is 0 Å². The fourth-order valence-electron chi connectivity index (χ4n) is 3.92. The van der Waals surface area contributed by atoms with Crippen molar-refractivity contribution < 1.29 is 14.3 Å². The molecule has 0 radical (unpaired) electrons. The maximum atomic E-state index is 12.5. The molecule has 4 rings (SSSR count). The Bertz CT molecular complexity index is 615. The highest BCUT2D eigenvalue weighted by Crippen LogP contribution is 2.47. The quantitative estimate of drug-likeness (QED) is 0.909. The molecule has 1 aromatic rings. The van der Waals surface area contributed by atoms with Gasteiger partial charge >= 0.3 is 6.03 Å². The number of likely N-dealkylation sites (N-methyl/N-ethyl adjacent to an activating group) is 1. The van der Waals surface area contributed by atoms with Gasteiger partial charge in [-0.3, -0.25) is 9.88 Å². The van der Waals surface area contributed by atoms with Crippen LogP contribution in [0.1, 0.15) is 43.6 Å². The van der Waals surface area contributed by atoms with Crippen LogP contribution in [0.2, 0.25) is 0 Å². The van der Waals surface area contributed by atoms with Crippen LogP contribution in [0.15, 0.2) is 12.1 Å². The van der Waals surface area contributed by atoms with E-state index in [2.05, 4.69) is 10.3 Å². The van der Waals surface area contributed by atoms with E-state index in [1.807, 2.05) is 26.0 Å². The van der Waals surface area contributed by atoms with Crippen molar-refractivity contribution in [1.82, 2.24) is 15.2 Å². The van der Waals surface area contributed by atoms with Gasteiger partial charge in [0.1, 0.15) is 17.5 Å². The van der Waals surface area contributed by atoms with E-state index < -0.39 is 5.72 Å². The Morgan fingerprint density at radius 2 is 2.36 bits per heavy atom. The maximum absolute atomic E-state index is 12.5. The number of rotatable bonds is 2. The molecule has 2 bridgehead atoms. The van der Waals surface area contributed by atoms with Crippen molar-refractivity contribution in [2.24, 2.45) is 0 Å². The molecule has 1 N–H and O–H groups in total. The van der Waals surface area contributed by atoms with Gasteiger partial charge in [0, 0.05) is 25.3 Å². The van der Waals surface area contributed by atoms with Crippen molar-refractivity contribution in [3.05, 3.63) is 23.5 Å². The number of aryl methyl sites for hydroxylation is 1. The minimum Gasteiger partial charge on any atom is -0.463 e. The Morgan fingerprint density at radius 1 is 1.50 bits per heavy atom. The van der Waals surface area contributed by atoms with Gasteiger partial charge in [-0.05, 0) is 38.8 Å². The first-order valence-electron chi connectivity index (χ1n) is 8.00. The molecular formula is C16H21N3O3. The van der Waals surface area contributed by atoms with Crippen LogP contribution in [0.5, 0.6) is 5.75 Å².